The lowest BCUT2D eigenvalue weighted by Crippen LogP contribution is -2.12. The Hall–Kier alpha value is -0.900. The number of nitrogens with zero attached hydrogens (tertiary/aromatic N) is 1. The van der Waals surface area contributed by atoms with Crippen LogP contribution < -0.4 is 0 Å². The van der Waals surface area contributed by atoms with Crippen LogP contribution in [0.4, 0.5) is 0 Å². The van der Waals surface area contributed by atoms with E-state index in [9.17, 15) is 10.1 Å². The van der Waals surface area contributed by atoms with E-state index in [1.165, 1.54) is 0 Å². The summed E-state index contributed by atoms with van der Waals surface area (Å²) in [5.74, 6) is -0.0648. The molecular weight excluding hydrogens is 134 g/mol. The van der Waals surface area contributed by atoms with Gasteiger partial charge in [0.2, 0.25) is 6.54 Å². The third-order valence-corrected chi connectivity index (χ3v) is 1.53. The van der Waals surface area contributed by atoms with Crippen LogP contribution in [0.15, 0.2) is 12.2 Å². The topological polar surface area (TPSA) is 63.4 Å². The summed E-state index contributed by atoms with van der Waals surface area (Å²) in [4.78, 5) is 9.60. The summed E-state index contributed by atoms with van der Waals surface area (Å²) in [5.41, 5.74) is 0. The quantitative estimate of drug-likeness (QED) is 0.341. The average Bonchev–Trinajstić information content (AvgIpc) is 2.13. The van der Waals surface area contributed by atoms with Crippen molar-refractivity contribution in [2.75, 3.05) is 6.54 Å². The highest BCUT2D eigenvalue weighted by molar-refractivity contribution is 5.02. The molecule has 1 aliphatic rings. The fourth-order valence-electron chi connectivity index (χ4n) is 1.08. The van der Waals surface area contributed by atoms with Crippen molar-refractivity contribution in [3.8, 4) is 0 Å². The van der Waals surface area contributed by atoms with Crippen LogP contribution >= 0.6 is 0 Å². The van der Waals surface area contributed by atoms with Crippen LogP contribution in [0.3, 0.4) is 0 Å². The summed E-state index contributed by atoms with van der Waals surface area (Å²) in [5, 5.41) is 18.9. The van der Waals surface area contributed by atoms with Gasteiger partial charge in [0.1, 0.15) is 0 Å². The largest absolute Gasteiger partial charge is 0.389 e. The first kappa shape index (κ1) is 7.21. The third-order valence-electron chi connectivity index (χ3n) is 1.53. The summed E-state index contributed by atoms with van der Waals surface area (Å²) in [7, 11) is 0. The SMILES string of the molecule is O=[N+]([O-])CC1C=CC(O)C1. The van der Waals surface area contributed by atoms with Crippen LogP contribution in [0.25, 0.3) is 0 Å². The smallest absolute Gasteiger partial charge is 0.210 e. The van der Waals surface area contributed by atoms with Crippen molar-refractivity contribution >= 4 is 0 Å². The zero-order chi connectivity index (χ0) is 7.56. The molecule has 0 fully saturated rings. The van der Waals surface area contributed by atoms with E-state index in [-0.39, 0.29) is 17.4 Å². The average molecular weight is 143 g/mol. The Morgan fingerprint density at radius 3 is 2.80 bits per heavy atom. The molecule has 10 heavy (non-hydrogen) atoms. The second-order valence-corrected chi connectivity index (χ2v) is 2.46. The van der Waals surface area contributed by atoms with Gasteiger partial charge in [-0.1, -0.05) is 12.2 Å². The maximum absolute atomic E-state index is 9.95. The first-order valence-electron chi connectivity index (χ1n) is 3.16. The minimum atomic E-state index is -0.468. The molecule has 2 atom stereocenters. The highest BCUT2D eigenvalue weighted by Gasteiger charge is 2.20. The Morgan fingerprint density at radius 2 is 2.40 bits per heavy atom. The molecule has 56 valence electrons. The summed E-state index contributed by atoms with van der Waals surface area (Å²) in [6, 6.07) is 0. The van der Waals surface area contributed by atoms with E-state index in [4.69, 9.17) is 5.11 Å². The van der Waals surface area contributed by atoms with Gasteiger partial charge in [-0.05, 0) is 6.42 Å². The number of nitro groups is 1. The second kappa shape index (κ2) is 2.79. The molecule has 4 heteroatoms. The van der Waals surface area contributed by atoms with Crippen LogP contribution in [0, 0.1) is 16.0 Å². The van der Waals surface area contributed by atoms with Gasteiger partial charge >= 0.3 is 0 Å². The minimum Gasteiger partial charge on any atom is -0.389 e. The molecule has 0 radical (unpaired) electrons. The molecule has 2 unspecified atom stereocenters. The van der Waals surface area contributed by atoms with Crippen LogP contribution in [-0.4, -0.2) is 22.7 Å². The van der Waals surface area contributed by atoms with Gasteiger partial charge in [0.25, 0.3) is 0 Å². The number of hydrogen-bond donors (Lipinski definition) is 1. The lowest BCUT2D eigenvalue weighted by molar-refractivity contribution is -0.486. The maximum atomic E-state index is 9.95. The van der Waals surface area contributed by atoms with E-state index in [0.29, 0.717) is 6.42 Å². The minimum absolute atomic E-state index is 0.0619. The second-order valence-electron chi connectivity index (χ2n) is 2.46. The van der Waals surface area contributed by atoms with Gasteiger partial charge in [0.05, 0.1) is 6.10 Å². The van der Waals surface area contributed by atoms with E-state index in [1.807, 2.05) is 0 Å². The zero-order valence-corrected chi connectivity index (χ0v) is 5.43. The van der Waals surface area contributed by atoms with E-state index in [1.54, 1.807) is 12.2 Å². The highest BCUT2D eigenvalue weighted by Crippen LogP contribution is 2.17. The Balaban J connectivity index is 2.33. The number of aliphatic hydroxyl groups is 1. The standard InChI is InChI=1S/C6H9NO3/c8-6-2-1-5(3-6)4-7(9)10/h1-2,5-6,8H,3-4H2. The fraction of sp³-hybridized carbons (Fsp3) is 0.667. The molecule has 0 aliphatic heterocycles. The molecule has 0 aromatic carbocycles. The van der Waals surface area contributed by atoms with Crippen molar-refractivity contribution in [3.63, 3.8) is 0 Å². The molecule has 0 saturated carbocycles. The van der Waals surface area contributed by atoms with Crippen molar-refractivity contribution in [2.45, 2.75) is 12.5 Å². The lowest BCUT2D eigenvalue weighted by Gasteiger charge is -2.01. The molecule has 0 bridgehead atoms. The first-order valence-corrected chi connectivity index (χ1v) is 3.16. The van der Waals surface area contributed by atoms with Crippen LogP contribution in [0.1, 0.15) is 6.42 Å². The van der Waals surface area contributed by atoms with Gasteiger partial charge in [-0.3, -0.25) is 10.1 Å². The van der Waals surface area contributed by atoms with E-state index in [2.05, 4.69) is 0 Å². The third kappa shape index (κ3) is 1.80. The molecule has 0 aromatic rings. The molecule has 1 rings (SSSR count). The number of hydrogen-bond acceptors (Lipinski definition) is 3. The van der Waals surface area contributed by atoms with Gasteiger partial charge in [0, 0.05) is 10.8 Å². The Morgan fingerprint density at radius 1 is 1.70 bits per heavy atom. The summed E-state index contributed by atoms with van der Waals surface area (Å²) in [6.07, 6.45) is 3.34. The summed E-state index contributed by atoms with van der Waals surface area (Å²) < 4.78 is 0. The maximum Gasteiger partial charge on any atom is 0.210 e. The predicted molar refractivity (Wildman–Crippen MR) is 35.1 cm³/mol. The van der Waals surface area contributed by atoms with E-state index >= 15 is 0 Å². The van der Waals surface area contributed by atoms with Gasteiger partial charge < -0.3 is 5.11 Å². The van der Waals surface area contributed by atoms with Gasteiger partial charge in [-0.25, -0.2) is 0 Å². The van der Waals surface area contributed by atoms with Gasteiger partial charge in [-0.15, -0.1) is 0 Å². The molecule has 0 spiro atoms. The molecule has 0 amide bonds. The predicted octanol–water partition coefficient (Wildman–Crippen LogP) is 0.200. The Labute approximate surface area is 58.3 Å². The lowest BCUT2D eigenvalue weighted by atomic mass is 10.1. The van der Waals surface area contributed by atoms with Gasteiger partial charge in [-0.2, -0.15) is 0 Å². The molecular formula is C6H9NO3. The highest BCUT2D eigenvalue weighted by atomic mass is 16.6. The van der Waals surface area contributed by atoms with Crippen LogP contribution in [-0.2, 0) is 0 Å². The van der Waals surface area contributed by atoms with E-state index < -0.39 is 6.10 Å². The molecule has 1 N–H and O–H groups in total. The number of aliphatic hydroxyl groups excluding tert-OH is 1. The summed E-state index contributed by atoms with van der Waals surface area (Å²) in [6.45, 7) is -0.0619. The Bertz CT molecular complexity index is 166. The van der Waals surface area contributed by atoms with Crippen LogP contribution in [0.2, 0.25) is 0 Å². The molecule has 1 aliphatic carbocycles. The van der Waals surface area contributed by atoms with Gasteiger partial charge in [0.15, 0.2) is 0 Å². The Kier molecular flexibility index (Phi) is 2.01. The first-order chi connectivity index (χ1) is 4.68. The number of rotatable bonds is 2. The van der Waals surface area contributed by atoms with Crippen LogP contribution in [0.5, 0.6) is 0 Å². The normalized spacial score (nSPS) is 30.9. The molecule has 0 aromatic heterocycles. The molecule has 0 heterocycles. The molecule has 4 nitrogen and oxygen atoms in total. The zero-order valence-electron chi connectivity index (χ0n) is 5.43. The van der Waals surface area contributed by atoms with Crippen molar-refractivity contribution in [2.24, 2.45) is 5.92 Å². The van der Waals surface area contributed by atoms with Crippen molar-refractivity contribution in [1.29, 1.82) is 0 Å². The van der Waals surface area contributed by atoms with E-state index in [0.717, 1.165) is 0 Å². The van der Waals surface area contributed by atoms with Crippen molar-refractivity contribution in [1.82, 2.24) is 0 Å². The fourth-order valence-corrected chi connectivity index (χ4v) is 1.08. The summed E-state index contributed by atoms with van der Waals surface area (Å²) >= 11 is 0. The monoisotopic (exact) mass is 143 g/mol. The van der Waals surface area contributed by atoms with Crippen molar-refractivity contribution < 1.29 is 10.0 Å². The molecule has 0 saturated heterocycles. The van der Waals surface area contributed by atoms with Crippen molar-refractivity contribution in [3.05, 3.63) is 22.3 Å².